The van der Waals surface area contributed by atoms with Crippen LogP contribution in [0.25, 0.3) is 72.3 Å². The number of pyridine rings is 1. The third-order valence-corrected chi connectivity index (χ3v) is 11.1. The van der Waals surface area contributed by atoms with Crippen molar-refractivity contribution < 1.29 is 31.2 Å². The highest BCUT2D eigenvalue weighted by Gasteiger charge is 2.23. The van der Waals surface area contributed by atoms with Crippen LogP contribution in [0, 0.1) is 6.33 Å². The maximum Gasteiger partial charge on any atom is 0.269 e. The Morgan fingerprint density at radius 3 is 2.06 bits per heavy atom. The minimum Gasteiger partial charge on any atom is -0.458 e. The molecule has 0 saturated carbocycles. The van der Waals surface area contributed by atoms with E-state index in [0.717, 1.165) is 11.1 Å². The number of para-hydroxylation sites is 4. The summed E-state index contributed by atoms with van der Waals surface area (Å²) < 4.78 is 153. The first-order chi connectivity index (χ1) is 37.6. The van der Waals surface area contributed by atoms with E-state index in [2.05, 4.69) is 32.3 Å². The smallest absolute Gasteiger partial charge is 0.269 e. The van der Waals surface area contributed by atoms with Crippen molar-refractivity contribution in [3.63, 3.8) is 0 Å². The third-order valence-electron chi connectivity index (χ3n) is 11.1. The van der Waals surface area contributed by atoms with Gasteiger partial charge in [-0.25, -0.2) is 4.98 Å². The molecule has 5 nitrogen and oxygen atoms in total. The SMILES string of the molecule is [2H]c1c([2H])c([2H])c(-c2cccc(-c3c([2H])c([2H])c([2H])c([2H])c3[2H])c2-[n+]2[c-]n(-c3cccc(Oc4cc5c(c([2H])c4[2H])c4c([2H])c([2H])c([2H])c([2H])c4n5-c4cc(CC(C)(C)c5ccccc5)ccn4)c3)c3ccccc32)c([2H])c1[2H]. The van der Waals surface area contributed by atoms with Gasteiger partial charge in [0.15, 0.2) is 0 Å². The van der Waals surface area contributed by atoms with E-state index in [0.29, 0.717) is 29.0 Å². The van der Waals surface area contributed by atoms with Gasteiger partial charge in [-0.3, -0.25) is 13.7 Å². The molecule has 8 aromatic carbocycles. The number of benzene rings is 8. The third kappa shape index (κ3) is 7.04. The molecule has 0 aliphatic carbocycles. The summed E-state index contributed by atoms with van der Waals surface area (Å²) in [6, 6.07) is 25.5. The summed E-state index contributed by atoms with van der Waals surface area (Å²) >= 11 is 0. The molecule has 3 heterocycles. The Balaban J connectivity index is 1.09. The van der Waals surface area contributed by atoms with Crippen molar-refractivity contribution >= 4 is 32.8 Å². The second-order valence-electron chi connectivity index (χ2n) is 15.6. The van der Waals surface area contributed by atoms with Crippen molar-refractivity contribution in [2.45, 2.75) is 25.7 Å². The molecule has 0 bridgehead atoms. The van der Waals surface area contributed by atoms with Gasteiger partial charge in [0, 0.05) is 23.0 Å². The lowest BCUT2D eigenvalue weighted by Crippen LogP contribution is -2.31. The summed E-state index contributed by atoms with van der Waals surface area (Å²) in [5.41, 5.74) is 3.28. The second kappa shape index (κ2) is 15.8. The van der Waals surface area contributed by atoms with Gasteiger partial charge in [0.05, 0.1) is 55.4 Å². The lowest BCUT2D eigenvalue weighted by atomic mass is 9.79. The predicted molar refractivity (Wildman–Crippen MR) is 256 cm³/mol. The summed E-state index contributed by atoms with van der Waals surface area (Å²) in [7, 11) is 0. The van der Waals surface area contributed by atoms with Crippen LogP contribution in [0.2, 0.25) is 0 Å². The molecule has 302 valence electrons. The summed E-state index contributed by atoms with van der Waals surface area (Å²) in [5.74, 6) is 0.433. The van der Waals surface area contributed by atoms with E-state index in [-0.39, 0.29) is 90.8 Å². The zero-order chi connectivity index (χ0) is 56.3. The molecule has 11 rings (SSSR count). The topological polar surface area (TPSA) is 35.9 Å². The molecule has 5 heteroatoms. The van der Waals surface area contributed by atoms with Crippen LogP contribution in [0.5, 0.6) is 11.5 Å². The fraction of sp³-hybridized carbons (Fsp3) is 0.0690. The van der Waals surface area contributed by atoms with Gasteiger partial charge in [-0.15, -0.1) is 0 Å². The molecular formula is C58H44N4O. The van der Waals surface area contributed by atoms with Gasteiger partial charge in [-0.1, -0.05) is 171 Å². The summed E-state index contributed by atoms with van der Waals surface area (Å²) in [6.07, 6.45) is 5.58. The fourth-order valence-corrected chi connectivity index (χ4v) is 8.24. The Bertz CT molecular complexity index is 4240. The Hall–Kier alpha value is -8.02. The lowest BCUT2D eigenvalue weighted by Gasteiger charge is -2.25. The maximum absolute atomic E-state index is 9.46. The van der Waals surface area contributed by atoms with Gasteiger partial charge in [-0.05, 0) is 93.7 Å². The quantitative estimate of drug-likeness (QED) is 0.102. The molecule has 11 aromatic rings. The molecule has 3 aromatic heterocycles. The number of ether oxygens (including phenoxy) is 1. The van der Waals surface area contributed by atoms with Crippen LogP contribution >= 0.6 is 0 Å². The molecule has 0 fully saturated rings. The average molecular weight is 829 g/mol. The molecule has 0 aliphatic heterocycles. The summed E-state index contributed by atoms with van der Waals surface area (Å²) in [4.78, 5) is 4.72. The number of hydrogen-bond donors (Lipinski definition) is 0. The lowest BCUT2D eigenvalue weighted by molar-refractivity contribution is -0.571. The summed E-state index contributed by atoms with van der Waals surface area (Å²) in [6.45, 7) is 4.26. The van der Waals surface area contributed by atoms with Crippen molar-refractivity contribution in [3.05, 3.63) is 236 Å². The molecule has 0 unspecified atom stereocenters. The Morgan fingerprint density at radius 2 is 1.29 bits per heavy atom. The Kier molecular flexibility index (Phi) is 6.12. The van der Waals surface area contributed by atoms with Gasteiger partial charge in [0.1, 0.15) is 17.3 Å². The molecular weight excluding hydrogens is 769 g/mol. The van der Waals surface area contributed by atoms with Gasteiger partial charge in [0.25, 0.3) is 6.33 Å². The Labute approximate surface area is 389 Å². The van der Waals surface area contributed by atoms with Crippen LogP contribution in [-0.4, -0.2) is 14.1 Å². The average Bonchev–Trinajstić information content (AvgIpc) is 3.49. The van der Waals surface area contributed by atoms with Crippen LogP contribution in [-0.2, 0) is 11.8 Å². The van der Waals surface area contributed by atoms with Crippen molar-refractivity contribution in [1.29, 1.82) is 0 Å². The highest BCUT2D eigenvalue weighted by molar-refractivity contribution is 6.09. The van der Waals surface area contributed by atoms with Crippen molar-refractivity contribution in [3.8, 4) is 50.9 Å². The number of imidazole rings is 1. The van der Waals surface area contributed by atoms with Crippen LogP contribution < -0.4 is 9.30 Å². The maximum atomic E-state index is 9.46. The normalized spacial score (nSPS) is 15.3. The van der Waals surface area contributed by atoms with Gasteiger partial charge < -0.3 is 4.74 Å². The molecule has 0 amide bonds. The van der Waals surface area contributed by atoms with E-state index in [1.807, 2.05) is 30.3 Å². The monoisotopic (exact) mass is 828 g/mol. The fourth-order valence-electron chi connectivity index (χ4n) is 8.24. The Morgan fingerprint density at radius 1 is 0.603 bits per heavy atom. The van der Waals surface area contributed by atoms with Gasteiger partial charge in [0.2, 0.25) is 0 Å². The van der Waals surface area contributed by atoms with Crippen LogP contribution in [0.1, 0.15) is 46.9 Å². The number of rotatable bonds is 10. The van der Waals surface area contributed by atoms with E-state index < -0.39 is 72.5 Å². The number of fused-ring (bicyclic) bond motifs is 4. The highest BCUT2D eigenvalue weighted by atomic mass is 16.5. The molecule has 0 saturated heterocycles. The van der Waals surface area contributed by atoms with Gasteiger partial charge in [-0.2, -0.15) is 0 Å². The van der Waals surface area contributed by atoms with Gasteiger partial charge >= 0.3 is 0 Å². The number of nitrogens with zero attached hydrogens (tertiary/aromatic N) is 4. The first-order valence-corrected chi connectivity index (χ1v) is 20.2. The van der Waals surface area contributed by atoms with Crippen LogP contribution in [0.3, 0.4) is 0 Å². The molecule has 0 aliphatic rings. The van der Waals surface area contributed by atoms with Crippen LogP contribution in [0.4, 0.5) is 0 Å². The molecule has 0 N–H and O–H groups in total. The minimum atomic E-state index is -0.616. The molecule has 0 spiro atoms. The molecule has 0 radical (unpaired) electrons. The zero-order valence-electron chi connectivity index (χ0n) is 50.0. The van der Waals surface area contributed by atoms with Crippen molar-refractivity contribution in [1.82, 2.24) is 14.1 Å². The molecule has 63 heavy (non-hydrogen) atoms. The predicted octanol–water partition coefficient (Wildman–Crippen LogP) is 13.8. The van der Waals surface area contributed by atoms with Crippen LogP contribution in [0.15, 0.2) is 218 Å². The second-order valence-corrected chi connectivity index (χ2v) is 15.6. The van der Waals surface area contributed by atoms with E-state index in [9.17, 15) is 2.74 Å². The van der Waals surface area contributed by atoms with E-state index in [1.54, 1.807) is 68.4 Å². The first-order valence-electron chi connectivity index (χ1n) is 28.2. The van der Waals surface area contributed by atoms with E-state index >= 15 is 0 Å². The van der Waals surface area contributed by atoms with E-state index in [4.69, 9.17) is 28.9 Å². The first kappa shape index (κ1) is 24.4. The largest absolute Gasteiger partial charge is 0.458 e. The zero-order valence-corrected chi connectivity index (χ0v) is 34.0. The van der Waals surface area contributed by atoms with Crippen molar-refractivity contribution in [2.24, 2.45) is 0 Å². The number of aromatic nitrogens is 4. The van der Waals surface area contributed by atoms with Crippen molar-refractivity contribution in [2.75, 3.05) is 0 Å². The number of hydrogen-bond acceptors (Lipinski definition) is 2. The standard InChI is InChI=1S/C58H44N4O/c1-58(2,44-22-10-5-11-23-44)39-41-34-35-59-56(36-41)62-52-29-13-12-26-50(52)51-33-32-47(38-55(51)62)63-46-25-16-24-45(37-46)60-40-61(54-31-15-14-30-53(54)60)57-48(42-18-6-3-7-19-42)27-17-28-49(57)43-20-8-4-9-21-43/h3-38H,39H2,1-2H3/i3D,4D,6D,7D,8D,9D,12D,13D,18D,19D,20D,21D,26D,29D,32D,33D. The molecule has 0 atom stereocenters. The minimum absolute atomic E-state index is 0.0519. The summed E-state index contributed by atoms with van der Waals surface area (Å²) in [5, 5.41) is 0.158. The van der Waals surface area contributed by atoms with E-state index in [1.165, 1.54) is 24.3 Å². The highest BCUT2D eigenvalue weighted by Crippen LogP contribution is 2.38.